The zero-order valence-electron chi connectivity index (χ0n) is 10.00. The molecule has 0 saturated carbocycles. The number of nitrogens with two attached hydrogens (primary N) is 1. The van der Waals surface area contributed by atoms with Gasteiger partial charge in [0.1, 0.15) is 11.6 Å². The predicted molar refractivity (Wildman–Crippen MR) is 55.5 cm³/mol. The number of primary amides is 1. The van der Waals surface area contributed by atoms with Crippen LogP contribution in [0.1, 0.15) is 27.2 Å². The van der Waals surface area contributed by atoms with E-state index in [1.54, 1.807) is 20.8 Å². The fourth-order valence-corrected chi connectivity index (χ4v) is 1.58. The van der Waals surface area contributed by atoms with Crippen molar-refractivity contribution >= 4 is 12.0 Å². The van der Waals surface area contributed by atoms with Crippen molar-refractivity contribution in [3.8, 4) is 0 Å². The summed E-state index contributed by atoms with van der Waals surface area (Å²) in [5.74, 6) is -4.05. The molecule has 1 unspecified atom stereocenters. The average Bonchev–Trinajstić information content (AvgIpc) is 2.38. The quantitative estimate of drug-likeness (QED) is 0.757. The number of hydrogen-bond acceptors (Lipinski definition) is 3. The number of likely N-dealkylation sites (tertiary alicyclic amines) is 1. The van der Waals surface area contributed by atoms with Crippen LogP contribution >= 0.6 is 0 Å². The summed E-state index contributed by atoms with van der Waals surface area (Å²) in [6.45, 7) is 3.99. The van der Waals surface area contributed by atoms with Crippen molar-refractivity contribution in [1.82, 2.24) is 4.90 Å². The normalized spacial score (nSPS) is 23.6. The second-order valence-electron chi connectivity index (χ2n) is 5.09. The Kier molecular flexibility index (Phi) is 3.31. The summed E-state index contributed by atoms with van der Waals surface area (Å²) in [6, 6.07) is -1.31. The summed E-state index contributed by atoms with van der Waals surface area (Å²) in [7, 11) is 0. The van der Waals surface area contributed by atoms with Crippen LogP contribution in [-0.4, -0.2) is 41.0 Å². The van der Waals surface area contributed by atoms with Crippen molar-refractivity contribution < 1.29 is 23.1 Å². The molecule has 1 atom stereocenters. The Morgan fingerprint density at radius 3 is 2.35 bits per heavy atom. The molecule has 1 saturated heterocycles. The number of halogens is 2. The van der Waals surface area contributed by atoms with Crippen LogP contribution in [0.3, 0.4) is 0 Å². The minimum absolute atomic E-state index is 0.688. The van der Waals surface area contributed by atoms with Crippen LogP contribution in [0.25, 0.3) is 0 Å². The Labute approximate surface area is 97.9 Å². The van der Waals surface area contributed by atoms with Crippen molar-refractivity contribution in [3.05, 3.63) is 0 Å². The van der Waals surface area contributed by atoms with Crippen molar-refractivity contribution in [2.45, 2.75) is 44.8 Å². The van der Waals surface area contributed by atoms with Gasteiger partial charge in [0, 0.05) is 6.42 Å². The van der Waals surface area contributed by atoms with E-state index in [-0.39, 0.29) is 0 Å². The molecule has 1 fully saturated rings. The van der Waals surface area contributed by atoms with Crippen molar-refractivity contribution in [1.29, 1.82) is 0 Å². The summed E-state index contributed by atoms with van der Waals surface area (Å²) >= 11 is 0. The standard InChI is InChI=1S/C10H16F2N2O3/c1-9(2,3)17-8(16)14-5-10(11,12)4-6(14)7(13)15/h6H,4-5H2,1-3H3,(H2,13,15). The molecule has 0 aromatic carbocycles. The number of amides is 2. The first-order valence-electron chi connectivity index (χ1n) is 5.19. The molecule has 0 aromatic heterocycles. The molecular weight excluding hydrogens is 234 g/mol. The zero-order chi connectivity index (χ0) is 13.4. The number of alkyl halides is 2. The second-order valence-corrected chi connectivity index (χ2v) is 5.09. The second kappa shape index (κ2) is 4.12. The Hall–Kier alpha value is -1.40. The third-order valence-electron chi connectivity index (χ3n) is 2.23. The third-order valence-corrected chi connectivity index (χ3v) is 2.23. The summed E-state index contributed by atoms with van der Waals surface area (Å²) in [5, 5.41) is 0. The molecule has 2 amide bonds. The molecule has 1 heterocycles. The summed E-state index contributed by atoms with van der Waals surface area (Å²) in [4.78, 5) is 23.3. The van der Waals surface area contributed by atoms with Crippen molar-refractivity contribution in [3.63, 3.8) is 0 Å². The smallest absolute Gasteiger partial charge is 0.411 e. The lowest BCUT2D eigenvalue weighted by Crippen LogP contribution is -2.45. The number of carbonyl (C=O) groups is 2. The molecule has 1 aliphatic heterocycles. The molecule has 2 N–H and O–H groups in total. The van der Waals surface area contributed by atoms with Crippen LogP contribution in [0, 0.1) is 0 Å². The van der Waals surface area contributed by atoms with E-state index < -0.39 is 42.5 Å². The highest BCUT2D eigenvalue weighted by Gasteiger charge is 2.50. The lowest BCUT2D eigenvalue weighted by molar-refractivity contribution is -0.122. The van der Waals surface area contributed by atoms with Crippen LogP contribution in [0.2, 0.25) is 0 Å². The summed E-state index contributed by atoms with van der Waals surface area (Å²) in [6.07, 6.45) is -1.69. The maximum absolute atomic E-state index is 13.1. The Bertz CT molecular complexity index is 339. The van der Waals surface area contributed by atoms with Gasteiger partial charge in [-0.25, -0.2) is 13.6 Å². The fourth-order valence-electron chi connectivity index (χ4n) is 1.58. The van der Waals surface area contributed by atoms with Gasteiger partial charge < -0.3 is 10.5 Å². The van der Waals surface area contributed by atoms with Crippen molar-refractivity contribution in [2.24, 2.45) is 5.73 Å². The molecule has 1 rings (SSSR count). The molecule has 1 aliphatic rings. The van der Waals surface area contributed by atoms with E-state index in [0.29, 0.717) is 4.90 Å². The highest BCUT2D eigenvalue weighted by molar-refractivity contribution is 5.85. The minimum Gasteiger partial charge on any atom is -0.444 e. The molecule has 0 aliphatic carbocycles. The van der Waals surface area contributed by atoms with Gasteiger partial charge in [0.25, 0.3) is 5.92 Å². The van der Waals surface area contributed by atoms with E-state index in [2.05, 4.69) is 0 Å². The monoisotopic (exact) mass is 250 g/mol. The first-order chi connectivity index (χ1) is 7.52. The van der Waals surface area contributed by atoms with Crippen LogP contribution in [0.15, 0.2) is 0 Å². The number of carbonyl (C=O) groups excluding carboxylic acids is 2. The predicted octanol–water partition coefficient (Wildman–Crippen LogP) is 1.12. The highest BCUT2D eigenvalue weighted by Crippen LogP contribution is 2.32. The maximum atomic E-state index is 13.1. The topological polar surface area (TPSA) is 72.6 Å². The van der Waals surface area contributed by atoms with Crippen molar-refractivity contribution in [2.75, 3.05) is 6.54 Å². The number of hydrogen-bond donors (Lipinski definition) is 1. The van der Waals surface area contributed by atoms with Gasteiger partial charge in [0.05, 0.1) is 6.54 Å². The van der Waals surface area contributed by atoms with E-state index in [1.807, 2.05) is 0 Å². The molecule has 17 heavy (non-hydrogen) atoms. The molecule has 0 spiro atoms. The summed E-state index contributed by atoms with van der Waals surface area (Å²) in [5.41, 5.74) is 4.18. The van der Waals surface area contributed by atoms with Crippen LogP contribution < -0.4 is 5.73 Å². The van der Waals surface area contributed by atoms with Gasteiger partial charge in [-0.15, -0.1) is 0 Å². The number of ether oxygens (including phenoxy) is 1. The molecule has 0 radical (unpaired) electrons. The largest absolute Gasteiger partial charge is 0.444 e. The molecule has 0 bridgehead atoms. The van der Waals surface area contributed by atoms with Gasteiger partial charge in [-0.1, -0.05) is 0 Å². The van der Waals surface area contributed by atoms with Gasteiger partial charge in [0.15, 0.2) is 0 Å². The van der Waals surface area contributed by atoms with Crippen LogP contribution in [-0.2, 0) is 9.53 Å². The molecule has 0 aromatic rings. The van der Waals surface area contributed by atoms with E-state index in [0.717, 1.165) is 0 Å². The van der Waals surface area contributed by atoms with E-state index in [1.165, 1.54) is 0 Å². The number of nitrogens with zero attached hydrogens (tertiary/aromatic N) is 1. The summed E-state index contributed by atoms with van der Waals surface area (Å²) < 4.78 is 31.2. The lowest BCUT2D eigenvalue weighted by atomic mass is 10.2. The highest BCUT2D eigenvalue weighted by atomic mass is 19.3. The Morgan fingerprint density at radius 2 is 1.94 bits per heavy atom. The third kappa shape index (κ3) is 3.54. The number of rotatable bonds is 1. The Balaban J connectivity index is 2.81. The average molecular weight is 250 g/mol. The zero-order valence-corrected chi connectivity index (χ0v) is 10.00. The molecule has 5 nitrogen and oxygen atoms in total. The molecular formula is C10H16F2N2O3. The van der Waals surface area contributed by atoms with Gasteiger partial charge >= 0.3 is 6.09 Å². The van der Waals surface area contributed by atoms with E-state index >= 15 is 0 Å². The molecule has 98 valence electrons. The fraction of sp³-hybridized carbons (Fsp3) is 0.800. The van der Waals surface area contributed by atoms with Gasteiger partial charge in [-0.2, -0.15) is 0 Å². The SMILES string of the molecule is CC(C)(C)OC(=O)N1CC(F)(F)CC1C(N)=O. The van der Waals surface area contributed by atoms with Gasteiger partial charge in [0.2, 0.25) is 5.91 Å². The van der Waals surface area contributed by atoms with E-state index in [9.17, 15) is 18.4 Å². The lowest BCUT2D eigenvalue weighted by Gasteiger charge is -2.26. The van der Waals surface area contributed by atoms with Gasteiger partial charge in [-0.05, 0) is 20.8 Å². The first-order valence-corrected chi connectivity index (χ1v) is 5.19. The first kappa shape index (κ1) is 13.7. The van der Waals surface area contributed by atoms with E-state index in [4.69, 9.17) is 10.5 Å². The molecule has 7 heteroatoms. The minimum atomic E-state index is -3.10. The van der Waals surface area contributed by atoms with Crippen LogP contribution in [0.5, 0.6) is 0 Å². The Morgan fingerprint density at radius 1 is 1.41 bits per heavy atom. The van der Waals surface area contributed by atoms with Crippen LogP contribution in [0.4, 0.5) is 13.6 Å². The van der Waals surface area contributed by atoms with Gasteiger partial charge in [-0.3, -0.25) is 9.69 Å². The maximum Gasteiger partial charge on any atom is 0.411 e.